The Labute approximate surface area is 187 Å². The normalized spacial score (nSPS) is 15.2. The minimum Gasteiger partial charge on any atom is -0.496 e. The number of hydrogen-bond donors (Lipinski definition) is 2. The second-order valence-electron chi connectivity index (χ2n) is 6.52. The number of thiocarbonyl (C=S) groups is 1. The molecule has 0 aromatic heterocycles. The highest BCUT2D eigenvalue weighted by Gasteiger charge is 2.27. The van der Waals surface area contributed by atoms with Gasteiger partial charge in [0.05, 0.1) is 54.3 Å². The molecule has 1 heterocycles. The van der Waals surface area contributed by atoms with E-state index in [-0.39, 0.29) is 6.04 Å². The molecule has 2 N–H and O–H groups in total. The highest BCUT2D eigenvalue weighted by atomic mass is 32.1. The van der Waals surface area contributed by atoms with E-state index in [1.807, 2.05) is 18.2 Å². The molecule has 0 saturated heterocycles. The fraction of sp³-hybridized carbons (Fsp3) is 0.318. The number of hydrogen-bond acceptors (Lipinski definition) is 7. The second-order valence-corrected chi connectivity index (χ2v) is 6.92. The number of nitrogens with one attached hydrogen (secondary N) is 2. The second kappa shape index (κ2) is 9.65. The number of methoxy groups -OCH3 is 6. The van der Waals surface area contributed by atoms with E-state index in [0.29, 0.717) is 39.6 Å². The van der Waals surface area contributed by atoms with Crippen molar-refractivity contribution < 1.29 is 28.4 Å². The molecule has 1 unspecified atom stereocenters. The van der Waals surface area contributed by atoms with Gasteiger partial charge in [-0.1, -0.05) is 0 Å². The van der Waals surface area contributed by atoms with E-state index >= 15 is 0 Å². The Balaban J connectivity index is 2.14. The van der Waals surface area contributed by atoms with Crippen LogP contribution in [-0.4, -0.2) is 47.8 Å². The summed E-state index contributed by atoms with van der Waals surface area (Å²) in [6, 6.07) is 7.00. The Hall–Kier alpha value is -3.33. The first-order valence-electron chi connectivity index (χ1n) is 9.39. The van der Waals surface area contributed by atoms with Crippen molar-refractivity contribution in [2.24, 2.45) is 0 Å². The minimum atomic E-state index is -0.321. The molecular formula is C22H26N2O6S. The Morgan fingerprint density at radius 1 is 0.710 bits per heavy atom. The van der Waals surface area contributed by atoms with Crippen LogP contribution in [0.1, 0.15) is 17.2 Å². The van der Waals surface area contributed by atoms with Crippen molar-refractivity contribution in [3.05, 3.63) is 41.5 Å². The molecule has 0 bridgehead atoms. The third-order valence-electron chi connectivity index (χ3n) is 4.91. The van der Waals surface area contributed by atoms with Crippen LogP contribution >= 0.6 is 12.2 Å². The SMILES string of the molecule is COc1cc(OC)c(C2C=C(c3cc(OC)c(OC)c(OC)c3)NC(=S)N2)c(OC)c1. The third-order valence-corrected chi connectivity index (χ3v) is 5.13. The molecule has 0 radical (unpaired) electrons. The molecule has 2 aromatic rings. The quantitative estimate of drug-likeness (QED) is 0.594. The fourth-order valence-electron chi connectivity index (χ4n) is 3.45. The van der Waals surface area contributed by atoms with Crippen LogP contribution < -0.4 is 39.1 Å². The van der Waals surface area contributed by atoms with Gasteiger partial charge >= 0.3 is 0 Å². The molecule has 8 nitrogen and oxygen atoms in total. The molecular weight excluding hydrogens is 420 g/mol. The van der Waals surface area contributed by atoms with Crippen molar-refractivity contribution in [1.29, 1.82) is 0 Å². The van der Waals surface area contributed by atoms with Crippen LogP contribution in [0, 0.1) is 0 Å². The maximum atomic E-state index is 5.61. The van der Waals surface area contributed by atoms with Crippen molar-refractivity contribution in [3.8, 4) is 34.5 Å². The molecule has 0 spiro atoms. The van der Waals surface area contributed by atoms with E-state index in [4.69, 9.17) is 40.6 Å². The van der Waals surface area contributed by atoms with Crippen molar-refractivity contribution >= 4 is 23.0 Å². The predicted molar refractivity (Wildman–Crippen MR) is 122 cm³/mol. The minimum absolute atomic E-state index is 0.321. The van der Waals surface area contributed by atoms with Crippen LogP contribution in [0.15, 0.2) is 30.3 Å². The molecule has 0 fully saturated rings. The molecule has 1 atom stereocenters. The van der Waals surface area contributed by atoms with E-state index in [2.05, 4.69) is 10.6 Å². The topological polar surface area (TPSA) is 79.4 Å². The van der Waals surface area contributed by atoms with Gasteiger partial charge in [-0.25, -0.2) is 0 Å². The largest absolute Gasteiger partial charge is 0.496 e. The molecule has 0 amide bonds. The number of rotatable bonds is 8. The lowest BCUT2D eigenvalue weighted by Crippen LogP contribution is -2.40. The summed E-state index contributed by atoms with van der Waals surface area (Å²) >= 11 is 5.48. The smallest absolute Gasteiger partial charge is 0.203 e. The molecule has 3 rings (SSSR count). The third kappa shape index (κ3) is 4.41. The van der Waals surface area contributed by atoms with E-state index in [9.17, 15) is 0 Å². The summed E-state index contributed by atoms with van der Waals surface area (Å²) in [7, 11) is 9.50. The molecule has 1 aliphatic rings. The summed E-state index contributed by atoms with van der Waals surface area (Å²) in [6.45, 7) is 0. The van der Waals surface area contributed by atoms with E-state index in [1.54, 1.807) is 54.8 Å². The van der Waals surface area contributed by atoms with Crippen LogP contribution in [0.3, 0.4) is 0 Å². The van der Waals surface area contributed by atoms with E-state index in [0.717, 1.165) is 16.8 Å². The molecule has 9 heteroatoms. The van der Waals surface area contributed by atoms with Gasteiger partial charge in [0.25, 0.3) is 0 Å². The van der Waals surface area contributed by atoms with Gasteiger partial charge in [-0.3, -0.25) is 0 Å². The maximum Gasteiger partial charge on any atom is 0.203 e. The summed E-state index contributed by atoms with van der Waals surface area (Å²) in [5.41, 5.74) is 2.38. The van der Waals surface area contributed by atoms with Gasteiger partial charge in [0.1, 0.15) is 17.2 Å². The number of benzene rings is 2. The highest BCUT2D eigenvalue weighted by molar-refractivity contribution is 7.80. The van der Waals surface area contributed by atoms with Crippen LogP contribution in [0.25, 0.3) is 5.70 Å². The zero-order valence-corrected chi connectivity index (χ0v) is 19.1. The lowest BCUT2D eigenvalue weighted by Gasteiger charge is -2.29. The summed E-state index contributed by atoms with van der Waals surface area (Å²) < 4.78 is 33.0. The van der Waals surface area contributed by atoms with Crippen LogP contribution in [0.2, 0.25) is 0 Å². The van der Waals surface area contributed by atoms with Crippen molar-refractivity contribution in [1.82, 2.24) is 10.6 Å². The molecule has 0 aliphatic carbocycles. The van der Waals surface area contributed by atoms with Crippen molar-refractivity contribution in [2.45, 2.75) is 6.04 Å². The average molecular weight is 447 g/mol. The Morgan fingerprint density at radius 3 is 1.71 bits per heavy atom. The van der Waals surface area contributed by atoms with E-state index in [1.165, 1.54) is 0 Å². The van der Waals surface area contributed by atoms with Gasteiger partial charge in [-0.15, -0.1) is 0 Å². The fourth-order valence-corrected chi connectivity index (χ4v) is 3.69. The zero-order chi connectivity index (χ0) is 22.5. The summed E-state index contributed by atoms with van der Waals surface area (Å²) in [5, 5.41) is 6.90. The Bertz CT molecular complexity index is 957. The molecule has 31 heavy (non-hydrogen) atoms. The molecule has 2 aromatic carbocycles. The van der Waals surface area contributed by atoms with Crippen molar-refractivity contribution in [2.75, 3.05) is 42.7 Å². The standard InChI is InChI=1S/C22H26N2O6S/c1-25-13-9-16(26-2)20(17(10-13)27-3)15-11-14(23-22(31)24-15)12-7-18(28-4)21(30-6)19(8-12)29-5/h7-11,15H,1-6H3,(H2,23,24,31). The molecule has 0 saturated carbocycles. The van der Waals surface area contributed by atoms with Gasteiger partial charge in [0, 0.05) is 23.4 Å². The van der Waals surface area contributed by atoms with Crippen LogP contribution in [0.4, 0.5) is 0 Å². The highest BCUT2D eigenvalue weighted by Crippen LogP contribution is 2.42. The van der Waals surface area contributed by atoms with E-state index < -0.39 is 0 Å². The Morgan fingerprint density at radius 2 is 1.26 bits per heavy atom. The predicted octanol–water partition coefficient (Wildman–Crippen LogP) is 3.30. The van der Waals surface area contributed by atoms with Crippen LogP contribution in [-0.2, 0) is 0 Å². The van der Waals surface area contributed by atoms with Gasteiger partial charge in [0.15, 0.2) is 16.6 Å². The zero-order valence-electron chi connectivity index (χ0n) is 18.3. The van der Waals surface area contributed by atoms with Crippen molar-refractivity contribution in [3.63, 3.8) is 0 Å². The Kier molecular flexibility index (Phi) is 6.96. The van der Waals surface area contributed by atoms with Gasteiger partial charge < -0.3 is 39.1 Å². The van der Waals surface area contributed by atoms with Gasteiger partial charge in [0.2, 0.25) is 5.75 Å². The number of ether oxygens (including phenoxy) is 6. The molecule has 166 valence electrons. The first-order valence-corrected chi connectivity index (χ1v) is 9.80. The molecule has 1 aliphatic heterocycles. The summed E-state index contributed by atoms with van der Waals surface area (Å²) in [6.07, 6.45) is 1.99. The van der Waals surface area contributed by atoms with Gasteiger partial charge in [-0.2, -0.15) is 0 Å². The summed E-state index contributed by atoms with van der Waals surface area (Å²) in [5.74, 6) is 3.45. The lowest BCUT2D eigenvalue weighted by atomic mass is 9.99. The maximum absolute atomic E-state index is 5.61. The monoisotopic (exact) mass is 446 g/mol. The lowest BCUT2D eigenvalue weighted by molar-refractivity contribution is 0.324. The van der Waals surface area contributed by atoms with Gasteiger partial charge in [-0.05, 0) is 30.4 Å². The summed E-state index contributed by atoms with van der Waals surface area (Å²) in [4.78, 5) is 0. The first kappa shape index (κ1) is 22.4. The average Bonchev–Trinajstić information content (AvgIpc) is 2.81. The van der Waals surface area contributed by atoms with Crippen LogP contribution in [0.5, 0.6) is 34.5 Å². The first-order chi connectivity index (χ1) is 15.0.